The van der Waals surface area contributed by atoms with Gasteiger partial charge < -0.3 is 20.6 Å². The molecule has 1 aliphatic rings. The molecule has 1 aliphatic heterocycles. The first-order chi connectivity index (χ1) is 16.8. The lowest BCUT2D eigenvalue weighted by molar-refractivity contribution is -0.137. The number of urea groups is 1. The van der Waals surface area contributed by atoms with Crippen LogP contribution in [0.2, 0.25) is 0 Å². The monoisotopic (exact) mass is 471 g/mol. The zero-order chi connectivity index (χ0) is 24.9. The number of carbonyl (C=O) groups is 3. The maximum absolute atomic E-state index is 13.0. The normalized spacial score (nSPS) is 13.1. The van der Waals surface area contributed by atoms with E-state index in [2.05, 4.69) is 10.6 Å². The number of carboxylic acid groups (broad SMARTS) is 1. The smallest absolute Gasteiger partial charge is 0.323 e. The van der Waals surface area contributed by atoms with Crippen LogP contribution in [0.4, 0.5) is 21.9 Å². The Kier molecular flexibility index (Phi) is 7.15. The minimum atomic E-state index is -0.817. The number of para-hydroxylation sites is 1. The van der Waals surface area contributed by atoms with Gasteiger partial charge >= 0.3 is 12.0 Å². The highest BCUT2D eigenvalue weighted by atomic mass is 16.4. The molecule has 7 nitrogen and oxygen atoms in total. The third kappa shape index (κ3) is 5.87. The molecular formula is C28H29N3O4. The minimum absolute atomic E-state index is 0.00749. The van der Waals surface area contributed by atoms with Crippen molar-refractivity contribution in [3.8, 4) is 0 Å². The van der Waals surface area contributed by atoms with E-state index in [1.54, 1.807) is 17.0 Å². The summed E-state index contributed by atoms with van der Waals surface area (Å²) in [4.78, 5) is 38.1. The fourth-order valence-corrected chi connectivity index (χ4v) is 4.34. The van der Waals surface area contributed by atoms with E-state index in [0.717, 1.165) is 40.0 Å². The van der Waals surface area contributed by atoms with E-state index >= 15 is 0 Å². The van der Waals surface area contributed by atoms with Crippen LogP contribution >= 0.6 is 0 Å². The van der Waals surface area contributed by atoms with Crippen LogP contribution in [0.5, 0.6) is 0 Å². The highest BCUT2D eigenvalue weighted by molar-refractivity contribution is 6.00. The van der Waals surface area contributed by atoms with Gasteiger partial charge in [0.15, 0.2) is 0 Å². The zero-order valence-corrected chi connectivity index (χ0v) is 19.9. The summed E-state index contributed by atoms with van der Waals surface area (Å²) in [6.45, 7) is 4.45. The zero-order valence-electron chi connectivity index (χ0n) is 19.9. The maximum Gasteiger partial charge on any atom is 0.323 e. The van der Waals surface area contributed by atoms with Crippen LogP contribution in [-0.2, 0) is 22.4 Å². The number of nitrogens with zero attached hydrogens (tertiary/aromatic N) is 1. The highest BCUT2D eigenvalue weighted by Crippen LogP contribution is 2.32. The summed E-state index contributed by atoms with van der Waals surface area (Å²) >= 11 is 0. The summed E-state index contributed by atoms with van der Waals surface area (Å²) in [7, 11) is 0. The van der Waals surface area contributed by atoms with E-state index in [-0.39, 0.29) is 30.7 Å². The number of rotatable bonds is 7. The van der Waals surface area contributed by atoms with Crippen molar-refractivity contribution in [3.05, 3.63) is 89.0 Å². The van der Waals surface area contributed by atoms with E-state index in [1.165, 1.54) is 0 Å². The summed E-state index contributed by atoms with van der Waals surface area (Å²) < 4.78 is 0. The molecule has 3 aromatic carbocycles. The second-order valence-electron chi connectivity index (χ2n) is 8.95. The van der Waals surface area contributed by atoms with E-state index < -0.39 is 5.97 Å². The number of carboxylic acids is 1. The Hall–Kier alpha value is -4.13. The standard InChI is InChI=1S/C28H29N3O4/c1-18-5-3-4-6-24(18)30-28(35)29-23-10-7-20(8-11-23)16-26(32)31-14-13-22-17-21(9-12-25(22)31)19(2)15-27(33)34/h3-12,17,19H,13-16H2,1-2H3,(H,33,34)(H2,29,30,35). The van der Waals surface area contributed by atoms with Crippen molar-refractivity contribution in [1.29, 1.82) is 0 Å². The molecule has 1 unspecified atom stereocenters. The number of fused-ring (bicyclic) bond motifs is 1. The lowest BCUT2D eigenvalue weighted by Crippen LogP contribution is -2.30. The molecule has 3 aromatic rings. The number of carbonyl (C=O) groups excluding carboxylic acids is 2. The van der Waals surface area contributed by atoms with Gasteiger partial charge in [0.1, 0.15) is 0 Å². The molecule has 0 radical (unpaired) electrons. The van der Waals surface area contributed by atoms with Gasteiger partial charge in [-0.2, -0.15) is 0 Å². The van der Waals surface area contributed by atoms with Gasteiger partial charge in [0.05, 0.1) is 12.8 Å². The van der Waals surface area contributed by atoms with Crippen molar-refractivity contribution in [2.24, 2.45) is 0 Å². The quantitative estimate of drug-likeness (QED) is 0.433. The van der Waals surface area contributed by atoms with Gasteiger partial charge in [0, 0.05) is 23.6 Å². The molecule has 1 atom stereocenters. The predicted molar refractivity (Wildman–Crippen MR) is 137 cm³/mol. The van der Waals surface area contributed by atoms with Crippen LogP contribution < -0.4 is 15.5 Å². The molecule has 0 saturated heterocycles. The van der Waals surface area contributed by atoms with E-state index in [1.807, 2.05) is 68.4 Å². The Bertz CT molecular complexity index is 1250. The first-order valence-electron chi connectivity index (χ1n) is 11.7. The minimum Gasteiger partial charge on any atom is -0.481 e. The number of benzene rings is 3. The summed E-state index contributed by atoms with van der Waals surface area (Å²) in [6, 6.07) is 20.4. The summed E-state index contributed by atoms with van der Waals surface area (Å²) in [5, 5.41) is 14.7. The number of hydrogen-bond acceptors (Lipinski definition) is 3. The Morgan fingerprint density at radius 1 is 1.00 bits per heavy atom. The molecule has 35 heavy (non-hydrogen) atoms. The molecule has 0 aromatic heterocycles. The lowest BCUT2D eigenvalue weighted by Gasteiger charge is -2.18. The largest absolute Gasteiger partial charge is 0.481 e. The van der Waals surface area contributed by atoms with E-state index in [4.69, 9.17) is 5.11 Å². The fraction of sp³-hybridized carbons (Fsp3) is 0.250. The first kappa shape index (κ1) is 24.0. The summed E-state index contributed by atoms with van der Waals surface area (Å²) in [5.41, 5.74) is 6.18. The average molecular weight is 472 g/mol. The number of hydrogen-bond donors (Lipinski definition) is 3. The van der Waals surface area contributed by atoms with Crippen molar-refractivity contribution in [2.45, 2.75) is 39.0 Å². The Morgan fingerprint density at radius 3 is 2.46 bits per heavy atom. The van der Waals surface area contributed by atoms with Gasteiger partial charge in [-0.3, -0.25) is 9.59 Å². The third-order valence-corrected chi connectivity index (χ3v) is 6.31. The van der Waals surface area contributed by atoms with Gasteiger partial charge in [0.2, 0.25) is 5.91 Å². The second kappa shape index (κ2) is 10.4. The number of nitrogens with one attached hydrogen (secondary N) is 2. The van der Waals surface area contributed by atoms with Crippen molar-refractivity contribution < 1.29 is 19.5 Å². The lowest BCUT2D eigenvalue weighted by atomic mass is 9.95. The highest BCUT2D eigenvalue weighted by Gasteiger charge is 2.25. The number of anilines is 3. The van der Waals surface area contributed by atoms with Crippen molar-refractivity contribution in [1.82, 2.24) is 0 Å². The number of aryl methyl sites for hydroxylation is 1. The summed E-state index contributed by atoms with van der Waals surface area (Å²) in [6.07, 6.45) is 1.10. The molecule has 0 fully saturated rings. The second-order valence-corrected chi connectivity index (χ2v) is 8.95. The van der Waals surface area contributed by atoms with Crippen molar-refractivity contribution >= 4 is 35.0 Å². The molecule has 0 spiro atoms. The van der Waals surface area contributed by atoms with Crippen LogP contribution in [0.3, 0.4) is 0 Å². The SMILES string of the molecule is Cc1ccccc1NC(=O)Nc1ccc(CC(=O)N2CCc3cc(C(C)CC(=O)O)ccc32)cc1. The molecule has 3 N–H and O–H groups in total. The van der Waals surface area contributed by atoms with Crippen LogP contribution in [-0.4, -0.2) is 29.6 Å². The van der Waals surface area contributed by atoms with Crippen LogP contribution in [0.25, 0.3) is 0 Å². The molecule has 4 rings (SSSR count). The van der Waals surface area contributed by atoms with Crippen LogP contribution in [0.1, 0.15) is 41.5 Å². The molecule has 180 valence electrons. The van der Waals surface area contributed by atoms with Crippen molar-refractivity contribution in [2.75, 3.05) is 22.1 Å². The molecular weight excluding hydrogens is 442 g/mol. The van der Waals surface area contributed by atoms with Gasteiger partial charge in [-0.25, -0.2) is 4.79 Å². The van der Waals surface area contributed by atoms with Gasteiger partial charge in [-0.15, -0.1) is 0 Å². The average Bonchev–Trinajstić information content (AvgIpc) is 3.25. The first-order valence-corrected chi connectivity index (χ1v) is 11.7. The molecule has 0 saturated carbocycles. The number of aliphatic carboxylic acids is 1. The van der Waals surface area contributed by atoms with Gasteiger partial charge in [0.25, 0.3) is 0 Å². The Morgan fingerprint density at radius 2 is 1.74 bits per heavy atom. The number of amides is 3. The van der Waals surface area contributed by atoms with Gasteiger partial charge in [-0.1, -0.05) is 49.4 Å². The van der Waals surface area contributed by atoms with E-state index in [0.29, 0.717) is 12.2 Å². The van der Waals surface area contributed by atoms with Crippen molar-refractivity contribution in [3.63, 3.8) is 0 Å². The fourth-order valence-electron chi connectivity index (χ4n) is 4.34. The predicted octanol–water partition coefficient (Wildman–Crippen LogP) is 5.35. The Labute approximate surface area is 204 Å². The molecule has 7 heteroatoms. The summed E-state index contributed by atoms with van der Waals surface area (Å²) in [5.74, 6) is -0.885. The van der Waals surface area contributed by atoms with Crippen LogP contribution in [0, 0.1) is 6.92 Å². The van der Waals surface area contributed by atoms with Gasteiger partial charge in [-0.05, 0) is 65.8 Å². The molecule has 0 aliphatic carbocycles. The Balaban J connectivity index is 1.35. The van der Waals surface area contributed by atoms with Crippen LogP contribution in [0.15, 0.2) is 66.7 Å². The molecule has 1 heterocycles. The maximum atomic E-state index is 13.0. The molecule has 3 amide bonds. The molecule has 0 bridgehead atoms. The third-order valence-electron chi connectivity index (χ3n) is 6.31. The topological polar surface area (TPSA) is 98.7 Å². The van der Waals surface area contributed by atoms with E-state index in [9.17, 15) is 14.4 Å².